The van der Waals surface area contributed by atoms with Gasteiger partial charge in [-0.3, -0.25) is 8.42 Å². The van der Waals surface area contributed by atoms with Crippen molar-refractivity contribution < 1.29 is 17.5 Å². The first-order chi connectivity index (χ1) is 9.83. The first kappa shape index (κ1) is 25.7. The molecule has 0 spiro atoms. The van der Waals surface area contributed by atoms with Gasteiger partial charge >= 0.3 is 0 Å². The van der Waals surface area contributed by atoms with E-state index in [-0.39, 0.29) is 0 Å². The molecule has 0 bridgehead atoms. The molecule has 0 saturated heterocycles. The van der Waals surface area contributed by atoms with E-state index in [1.54, 1.807) is 0 Å². The number of hydrogen-bond donors (Lipinski definition) is 2. The van der Waals surface area contributed by atoms with Gasteiger partial charge in [0, 0.05) is 10.4 Å². The molecule has 0 aromatic rings. The Morgan fingerprint density at radius 3 is 1.10 bits per heavy atom. The smallest absolute Gasteiger partial charge is 0.0311 e. The largest absolute Gasteiger partial charge is 0.759 e. The van der Waals surface area contributed by atoms with Crippen LogP contribution in [0, 0.1) is 0 Å². The lowest BCUT2D eigenvalue weighted by Crippen LogP contribution is -1.97. The molecule has 6 nitrogen and oxygen atoms in total. The van der Waals surface area contributed by atoms with Crippen molar-refractivity contribution in [1.82, 2.24) is 0 Å². The summed E-state index contributed by atoms with van der Waals surface area (Å²) >= 11 is 0. The van der Waals surface area contributed by atoms with Gasteiger partial charge in [-0.15, -0.1) is 0 Å². The molecule has 0 aliphatic rings. The minimum atomic E-state index is -5.17. The lowest BCUT2D eigenvalue weighted by Gasteiger charge is -2.06. The van der Waals surface area contributed by atoms with Crippen molar-refractivity contribution in [2.45, 2.75) is 78.1 Å². The van der Waals surface area contributed by atoms with Crippen LogP contribution in [0.1, 0.15) is 78.1 Å². The van der Waals surface area contributed by atoms with Gasteiger partial charge in [-0.25, -0.2) is 0 Å². The summed E-state index contributed by atoms with van der Waals surface area (Å²) in [6.45, 7) is 6.18. The maximum Gasteiger partial charge on any atom is 0.0311 e. The van der Waals surface area contributed by atoms with E-state index < -0.39 is 10.4 Å². The summed E-state index contributed by atoms with van der Waals surface area (Å²) < 4.78 is 34.1. The quantitative estimate of drug-likeness (QED) is 0.360. The van der Waals surface area contributed by atoms with Crippen LogP contribution in [0.3, 0.4) is 0 Å². The Morgan fingerprint density at radius 1 is 0.667 bits per heavy atom. The maximum atomic E-state index is 8.52. The zero-order valence-corrected chi connectivity index (χ0v) is 14.5. The second kappa shape index (κ2) is 22.1. The lowest BCUT2D eigenvalue weighted by atomic mass is 10.2. The van der Waals surface area contributed by atoms with Gasteiger partial charge in [0.1, 0.15) is 0 Å². The second-order valence-corrected chi connectivity index (χ2v) is 5.63. The van der Waals surface area contributed by atoms with E-state index in [4.69, 9.17) is 29.0 Å². The van der Waals surface area contributed by atoms with Gasteiger partial charge in [0.15, 0.2) is 0 Å². The van der Waals surface area contributed by atoms with Crippen LogP contribution in [-0.2, 0) is 10.4 Å². The first-order valence-corrected chi connectivity index (χ1v) is 9.23. The Labute approximate surface area is 131 Å². The molecule has 7 heteroatoms. The average Bonchev–Trinajstić information content (AvgIpc) is 2.39. The van der Waals surface area contributed by atoms with Crippen LogP contribution in [0.4, 0.5) is 0 Å². The molecule has 0 aliphatic heterocycles. The number of hydrogen-bond acceptors (Lipinski definition) is 6. The summed E-state index contributed by atoms with van der Waals surface area (Å²) in [5, 5.41) is 0. The minimum absolute atomic E-state index is 0.865. The van der Waals surface area contributed by atoms with Crippen molar-refractivity contribution in [3.05, 3.63) is 0 Å². The predicted octanol–water partition coefficient (Wildman–Crippen LogP) is 2.49. The highest BCUT2D eigenvalue weighted by atomic mass is 32.3. The molecular formula is C14H34N2O4S-2. The molecule has 21 heavy (non-hydrogen) atoms. The first-order valence-electron chi connectivity index (χ1n) is 7.90. The highest BCUT2D eigenvalue weighted by Crippen LogP contribution is 2.00. The Hall–Kier alpha value is -0.210. The van der Waals surface area contributed by atoms with Crippen molar-refractivity contribution in [2.75, 3.05) is 13.1 Å². The van der Waals surface area contributed by atoms with Gasteiger partial charge < -0.3 is 20.6 Å². The second-order valence-electron chi connectivity index (χ2n) is 4.81. The molecule has 0 aliphatic carbocycles. The molecule has 0 fully saturated rings. The van der Waals surface area contributed by atoms with E-state index in [9.17, 15) is 0 Å². The number of unbranched alkanes of at least 4 members (excludes halogenated alkanes) is 8. The summed E-state index contributed by atoms with van der Waals surface area (Å²) in [6, 6.07) is 0. The molecule has 0 aromatic heterocycles. The minimum Gasteiger partial charge on any atom is -0.759 e. The molecular weight excluding hydrogens is 292 g/mol. The van der Waals surface area contributed by atoms with E-state index >= 15 is 0 Å². The molecule has 0 heterocycles. The van der Waals surface area contributed by atoms with Crippen molar-refractivity contribution in [3.8, 4) is 0 Å². The van der Waals surface area contributed by atoms with Crippen LogP contribution in [0.5, 0.6) is 0 Å². The van der Waals surface area contributed by atoms with E-state index in [0.717, 1.165) is 13.1 Å². The number of rotatable bonds is 10. The van der Waals surface area contributed by atoms with Gasteiger partial charge in [-0.2, -0.15) is 0 Å². The standard InChI is InChI=1S/2C7H17N.H2O4S/c2*1-2-3-4-5-6-7-8;1-5(2,3)4/h2*2-8H2,1H3;(H2,1,2,3,4)/p-2. The summed E-state index contributed by atoms with van der Waals surface area (Å²) in [6.07, 6.45) is 13.2. The third-order valence-corrected chi connectivity index (χ3v) is 2.62. The van der Waals surface area contributed by atoms with Crippen LogP contribution in [0.15, 0.2) is 0 Å². The van der Waals surface area contributed by atoms with Gasteiger partial charge in [-0.05, 0) is 25.9 Å². The Balaban J connectivity index is -0.000000239. The molecule has 0 saturated carbocycles. The fourth-order valence-electron chi connectivity index (χ4n) is 1.50. The Bertz CT molecular complexity index is 228. The van der Waals surface area contributed by atoms with Crippen molar-refractivity contribution in [3.63, 3.8) is 0 Å². The summed E-state index contributed by atoms with van der Waals surface area (Å²) in [5.74, 6) is 0. The summed E-state index contributed by atoms with van der Waals surface area (Å²) in [4.78, 5) is 0. The van der Waals surface area contributed by atoms with Crippen molar-refractivity contribution in [1.29, 1.82) is 0 Å². The SMILES string of the molecule is CCCCCCCN.CCCCCCCN.O=S(=O)([O-])[O-]. The molecule has 0 radical (unpaired) electrons. The van der Waals surface area contributed by atoms with E-state index in [2.05, 4.69) is 13.8 Å². The van der Waals surface area contributed by atoms with Gasteiger partial charge in [0.2, 0.25) is 0 Å². The zero-order chi connectivity index (χ0) is 17.0. The number of nitrogens with two attached hydrogens (primary N) is 2. The van der Waals surface area contributed by atoms with Crippen molar-refractivity contribution >= 4 is 10.4 Å². The van der Waals surface area contributed by atoms with Crippen molar-refractivity contribution in [2.24, 2.45) is 11.5 Å². The third kappa shape index (κ3) is 65.3. The van der Waals surface area contributed by atoms with Gasteiger partial charge in [0.05, 0.1) is 0 Å². The van der Waals surface area contributed by atoms with Gasteiger partial charge in [0.25, 0.3) is 0 Å². The van der Waals surface area contributed by atoms with E-state index in [1.165, 1.54) is 64.2 Å². The maximum absolute atomic E-state index is 8.52. The topological polar surface area (TPSA) is 132 Å². The molecule has 0 unspecified atom stereocenters. The van der Waals surface area contributed by atoms with E-state index in [1.807, 2.05) is 0 Å². The zero-order valence-electron chi connectivity index (χ0n) is 13.7. The fraction of sp³-hybridized carbons (Fsp3) is 1.00. The Kier molecular flexibility index (Phi) is 27.0. The van der Waals surface area contributed by atoms with Gasteiger partial charge in [-0.1, -0.05) is 65.2 Å². The molecule has 0 rings (SSSR count). The molecule has 4 N–H and O–H groups in total. The molecule has 0 amide bonds. The third-order valence-electron chi connectivity index (χ3n) is 2.62. The monoisotopic (exact) mass is 326 g/mol. The molecule has 0 atom stereocenters. The van der Waals surface area contributed by atoms with Crippen LogP contribution in [0.25, 0.3) is 0 Å². The highest BCUT2D eigenvalue weighted by Gasteiger charge is 1.84. The molecule has 132 valence electrons. The average molecular weight is 327 g/mol. The molecule has 0 aromatic carbocycles. The summed E-state index contributed by atoms with van der Waals surface area (Å²) in [5.41, 5.74) is 10.6. The normalized spacial score (nSPS) is 10.2. The van der Waals surface area contributed by atoms with E-state index in [0.29, 0.717) is 0 Å². The lowest BCUT2D eigenvalue weighted by molar-refractivity contribution is 0.352. The van der Waals surface area contributed by atoms with Crippen LogP contribution in [0.2, 0.25) is 0 Å². The predicted molar refractivity (Wildman–Crippen MR) is 86.1 cm³/mol. The van der Waals surface area contributed by atoms with Crippen LogP contribution >= 0.6 is 0 Å². The van der Waals surface area contributed by atoms with Crippen LogP contribution < -0.4 is 11.5 Å². The van der Waals surface area contributed by atoms with Crippen LogP contribution in [-0.4, -0.2) is 30.6 Å². The fourth-order valence-corrected chi connectivity index (χ4v) is 1.50. The Morgan fingerprint density at radius 2 is 0.905 bits per heavy atom. The summed E-state index contributed by atoms with van der Waals surface area (Å²) in [7, 11) is -5.17. The highest BCUT2D eigenvalue weighted by molar-refractivity contribution is 7.79.